The van der Waals surface area contributed by atoms with Gasteiger partial charge in [0.1, 0.15) is 12.4 Å². The van der Waals surface area contributed by atoms with E-state index in [1.54, 1.807) is 12.1 Å². The molecule has 0 saturated carbocycles. The van der Waals surface area contributed by atoms with E-state index in [-0.39, 0.29) is 0 Å². The molecule has 0 spiro atoms. The van der Waals surface area contributed by atoms with Gasteiger partial charge in [0.25, 0.3) is 0 Å². The lowest BCUT2D eigenvalue weighted by molar-refractivity contribution is 0.306. The first-order chi connectivity index (χ1) is 8.69. The Morgan fingerprint density at radius 1 is 1.00 bits per heavy atom. The average Bonchev–Trinajstić information content (AvgIpc) is 2.40. The molecular weight excluding hydrogens is 267 g/mol. The van der Waals surface area contributed by atoms with Crippen LogP contribution in [0.5, 0.6) is 5.75 Å². The first kappa shape index (κ1) is 13.3. The third-order valence-electron chi connectivity index (χ3n) is 2.73. The van der Waals surface area contributed by atoms with Gasteiger partial charge < -0.3 is 4.74 Å². The Kier molecular flexibility index (Phi) is 4.51. The number of hydrogen-bond donors (Lipinski definition) is 0. The maximum atomic E-state index is 6.07. The van der Waals surface area contributed by atoms with Gasteiger partial charge in [-0.3, -0.25) is 0 Å². The predicted octanol–water partition coefficient (Wildman–Crippen LogP) is 5.13. The van der Waals surface area contributed by atoms with Gasteiger partial charge in [-0.1, -0.05) is 42.3 Å². The minimum absolute atomic E-state index is 0.421. The maximum absolute atomic E-state index is 6.07. The SMILES string of the molecule is CCc1ccc(OCc2cc(Cl)ccc2Cl)cc1. The molecule has 1 nitrogen and oxygen atoms in total. The zero-order valence-electron chi connectivity index (χ0n) is 10.1. The van der Waals surface area contributed by atoms with Crippen LogP contribution in [0.2, 0.25) is 10.0 Å². The van der Waals surface area contributed by atoms with Crippen LogP contribution in [0.15, 0.2) is 42.5 Å². The third-order valence-corrected chi connectivity index (χ3v) is 3.34. The number of hydrogen-bond acceptors (Lipinski definition) is 1. The second-order valence-corrected chi connectivity index (χ2v) is 4.87. The normalized spacial score (nSPS) is 10.4. The Labute approximate surface area is 117 Å². The average molecular weight is 281 g/mol. The van der Waals surface area contributed by atoms with Gasteiger partial charge in [-0.25, -0.2) is 0 Å². The molecule has 0 aromatic heterocycles. The Hall–Kier alpha value is -1.18. The molecule has 0 atom stereocenters. The fourth-order valence-electron chi connectivity index (χ4n) is 1.64. The van der Waals surface area contributed by atoms with Crippen molar-refractivity contribution in [3.8, 4) is 5.75 Å². The Balaban J connectivity index is 2.04. The molecule has 0 aliphatic heterocycles. The van der Waals surface area contributed by atoms with E-state index in [0.717, 1.165) is 17.7 Å². The predicted molar refractivity (Wildman–Crippen MR) is 76.6 cm³/mol. The van der Waals surface area contributed by atoms with Crippen molar-refractivity contribution in [1.82, 2.24) is 0 Å². The van der Waals surface area contributed by atoms with E-state index in [2.05, 4.69) is 19.1 Å². The second kappa shape index (κ2) is 6.12. The van der Waals surface area contributed by atoms with Crippen LogP contribution in [0.1, 0.15) is 18.1 Å². The molecule has 0 aliphatic carbocycles. The van der Waals surface area contributed by atoms with Crippen molar-refractivity contribution in [3.05, 3.63) is 63.6 Å². The van der Waals surface area contributed by atoms with Crippen LogP contribution >= 0.6 is 23.2 Å². The number of halogens is 2. The second-order valence-electron chi connectivity index (χ2n) is 4.02. The van der Waals surface area contributed by atoms with Crippen molar-refractivity contribution in [2.45, 2.75) is 20.0 Å². The Morgan fingerprint density at radius 3 is 2.39 bits per heavy atom. The lowest BCUT2D eigenvalue weighted by Crippen LogP contribution is -1.96. The van der Waals surface area contributed by atoms with Gasteiger partial charge in [0.15, 0.2) is 0 Å². The van der Waals surface area contributed by atoms with Crippen LogP contribution in [0.4, 0.5) is 0 Å². The van der Waals surface area contributed by atoms with Crippen LogP contribution in [-0.4, -0.2) is 0 Å². The van der Waals surface area contributed by atoms with Crippen molar-refractivity contribution in [3.63, 3.8) is 0 Å². The first-order valence-electron chi connectivity index (χ1n) is 5.84. The standard InChI is InChI=1S/C15H14Cl2O/c1-2-11-3-6-14(7-4-11)18-10-12-9-13(16)5-8-15(12)17/h3-9H,2,10H2,1H3. The molecule has 0 amide bonds. The van der Waals surface area contributed by atoms with Gasteiger partial charge in [0.2, 0.25) is 0 Å². The van der Waals surface area contributed by atoms with Crippen molar-refractivity contribution in [2.75, 3.05) is 0 Å². The molecule has 94 valence electrons. The van der Waals surface area contributed by atoms with E-state index in [9.17, 15) is 0 Å². The molecule has 3 heteroatoms. The van der Waals surface area contributed by atoms with Crippen LogP contribution in [0.25, 0.3) is 0 Å². The highest BCUT2D eigenvalue weighted by Crippen LogP contribution is 2.22. The summed E-state index contributed by atoms with van der Waals surface area (Å²) in [5.74, 6) is 0.836. The summed E-state index contributed by atoms with van der Waals surface area (Å²) < 4.78 is 5.68. The molecule has 0 unspecified atom stereocenters. The summed E-state index contributed by atoms with van der Waals surface area (Å²) in [5, 5.41) is 1.34. The van der Waals surface area contributed by atoms with E-state index in [4.69, 9.17) is 27.9 Å². The Bertz CT molecular complexity index is 521. The molecule has 0 saturated heterocycles. The summed E-state index contributed by atoms with van der Waals surface area (Å²) >= 11 is 12.0. The van der Waals surface area contributed by atoms with Crippen molar-refractivity contribution < 1.29 is 4.74 Å². The van der Waals surface area contributed by atoms with E-state index in [1.165, 1.54) is 5.56 Å². The number of ether oxygens (including phenoxy) is 1. The molecule has 0 aliphatic rings. The molecule has 2 aromatic rings. The van der Waals surface area contributed by atoms with Gasteiger partial charge >= 0.3 is 0 Å². The zero-order chi connectivity index (χ0) is 13.0. The topological polar surface area (TPSA) is 9.23 Å². The van der Waals surface area contributed by atoms with Crippen LogP contribution < -0.4 is 4.74 Å². The van der Waals surface area contributed by atoms with Gasteiger partial charge in [0, 0.05) is 15.6 Å². The van der Waals surface area contributed by atoms with E-state index in [0.29, 0.717) is 16.7 Å². The fraction of sp³-hybridized carbons (Fsp3) is 0.200. The largest absolute Gasteiger partial charge is 0.489 e. The zero-order valence-corrected chi connectivity index (χ0v) is 11.6. The highest BCUT2D eigenvalue weighted by atomic mass is 35.5. The van der Waals surface area contributed by atoms with Gasteiger partial charge in [0.05, 0.1) is 0 Å². The lowest BCUT2D eigenvalue weighted by atomic mass is 10.2. The maximum Gasteiger partial charge on any atom is 0.119 e. The summed E-state index contributed by atoms with van der Waals surface area (Å²) in [5.41, 5.74) is 2.19. The monoisotopic (exact) mass is 280 g/mol. The molecule has 0 radical (unpaired) electrons. The van der Waals surface area contributed by atoms with E-state index in [1.807, 2.05) is 18.2 Å². The van der Waals surface area contributed by atoms with Crippen LogP contribution in [0.3, 0.4) is 0 Å². The first-order valence-corrected chi connectivity index (χ1v) is 6.60. The molecule has 0 N–H and O–H groups in total. The van der Waals surface area contributed by atoms with Crippen molar-refractivity contribution >= 4 is 23.2 Å². The molecule has 0 bridgehead atoms. The molecule has 18 heavy (non-hydrogen) atoms. The van der Waals surface area contributed by atoms with E-state index >= 15 is 0 Å². The summed E-state index contributed by atoms with van der Waals surface area (Å²) in [6, 6.07) is 13.4. The number of aryl methyl sites for hydroxylation is 1. The van der Waals surface area contributed by atoms with Crippen LogP contribution in [-0.2, 0) is 13.0 Å². The summed E-state index contributed by atoms with van der Waals surface area (Å²) in [6.45, 7) is 2.55. The van der Waals surface area contributed by atoms with Gasteiger partial charge in [-0.15, -0.1) is 0 Å². The van der Waals surface area contributed by atoms with Crippen molar-refractivity contribution in [1.29, 1.82) is 0 Å². The third kappa shape index (κ3) is 3.41. The van der Waals surface area contributed by atoms with Gasteiger partial charge in [-0.2, -0.15) is 0 Å². The minimum atomic E-state index is 0.421. The van der Waals surface area contributed by atoms with Crippen LogP contribution in [0, 0.1) is 0 Å². The summed E-state index contributed by atoms with van der Waals surface area (Å²) in [6.07, 6.45) is 1.03. The fourth-order valence-corrected chi connectivity index (χ4v) is 2.00. The van der Waals surface area contributed by atoms with E-state index < -0.39 is 0 Å². The molecular formula is C15H14Cl2O. The lowest BCUT2D eigenvalue weighted by Gasteiger charge is -2.08. The van der Waals surface area contributed by atoms with Gasteiger partial charge in [-0.05, 0) is 42.3 Å². The quantitative estimate of drug-likeness (QED) is 0.754. The molecule has 2 aromatic carbocycles. The minimum Gasteiger partial charge on any atom is -0.489 e. The molecule has 2 rings (SSSR count). The number of benzene rings is 2. The van der Waals surface area contributed by atoms with Crippen molar-refractivity contribution in [2.24, 2.45) is 0 Å². The smallest absolute Gasteiger partial charge is 0.119 e. The Morgan fingerprint density at radius 2 is 1.72 bits per heavy atom. The number of rotatable bonds is 4. The molecule has 0 heterocycles. The highest BCUT2D eigenvalue weighted by molar-refractivity contribution is 6.33. The highest BCUT2D eigenvalue weighted by Gasteiger charge is 2.02. The summed E-state index contributed by atoms with van der Waals surface area (Å²) in [4.78, 5) is 0. The summed E-state index contributed by atoms with van der Waals surface area (Å²) in [7, 11) is 0. The molecule has 0 fully saturated rings.